The maximum absolute atomic E-state index is 13.7. The van der Waals surface area contributed by atoms with Gasteiger partial charge < -0.3 is 4.74 Å². The minimum absolute atomic E-state index is 0.120. The van der Waals surface area contributed by atoms with Crippen LogP contribution >= 0.6 is 0 Å². The maximum Gasteiger partial charge on any atom is 0.289 e. The second-order valence-corrected chi connectivity index (χ2v) is 4.15. The average Bonchev–Trinajstić information content (AvgIpc) is 2.28. The molecule has 0 aliphatic heterocycles. The highest BCUT2D eigenvalue weighted by atomic mass is 19.3. The highest BCUT2D eigenvalue weighted by Crippen LogP contribution is 2.38. The van der Waals surface area contributed by atoms with Crippen molar-refractivity contribution in [3.05, 3.63) is 29.3 Å². The zero-order valence-electron chi connectivity index (χ0n) is 10.1. The molecule has 0 fully saturated rings. The smallest absolute Gasteiger partial charge is 0.289 e. The van der Waals surface area contributed by atoms with Gasteiger partial charge in [0.15, 0.2) is 0 Å². The summed E-state index contributed by atoms with van der Waals surface area (Å²) in [6, 6.07) is 6.20. The lowest BCUT2D eigenvalue weighted by molar-refractivity contribution is -0.00136. The van der Waals surface area contributed by atoms with E-state index >= 15 is 0 Å². The van der Waals surface area contributed by atoms with Crippen molar-refractivity contribution in [3.8, 4) is 11.8 Å². The number of nitriles is 1. The summed E-state index contributed by atoms with van der Waals surface area (Å²) in [5, 5.41) is 8.43. The SMILES string of the molecule is COc1ccc(C(C)C)cc1C(F)(F)CC#N. The Morgan fingerprint density at radius 3 is 2.53 bits per heavy atom. The molecule has 0 aliphatic carbocycles. The summed E-state index contributed by atoms with van der Waals surface area (Å²) < 4.78 is 32.4. The third kappa shape index (κ3) is 2.94. The summed E-state index contributed by atoms with van der Waals surface area (Å²) in [7, 11) is 1.34. The van der Waals surface area contributed by atoms with Gasteiger partial charge in [-0.05, 0) is 23.6 Å². The van der Waals surface area contributed by atoms with Crippen LogP contribution in [0.1, 0.15) is 37.3 Å². The van der Waals surface area contributed by atoms with E-state index in [1.165, 1.54) is 25.3 Å². The van der Waals surface area contributed by atoms with E-state index in [0.29, 0.717) is 0 Å². The lowest BCUT2D eigenvalue weighted by atomic mass is 9.96. The molecule has 0 spiro atoms. The van der Waals surface area contributed by atoms with Crippen LogP contribution in [-0.4, -0.2) is 7.11 Å². The summed E-state index contributed by atoms with van der Waals surface area (Å²) in [6.45, 7) is 3.85. The summed E-state index contributed by atoms with van der Waals surface area (Å²) in [5.41, 5.74) is 0.589. The predicted octanol–water partition coefficient (Wildman–Crippen LogP) is 3.82. The second-order valence-electron chi connectivity index (χ2n) is 4.15. The normalized spacial score (nSPS) is 11.4. The first kappa shape index (κ1) is 13.4. The van der Waals surface area contributed by atoms with Gasteiger partial charge in [-0.3, -0.25) is 0 Å². The third-order valence-corrected chi connectivity index (χ3v) is 2.59. The van der Waals surface area contributed by atoms with Gasteiger partial charge in [0, 0.05) is 0 Å². The topological polar surface area (TPSA) is 33.0 Å². The average molecular weight is 239 g/mol. The number of ether oxygens (including phenoxy) is 1. The van der Waals surface area contributed by atoms with Gasteiger partial charge in [0.25, 0.3) is 5.92 Å². The van der Waals surface area contributed by atoms with Crippen molar-refractivity contribution in [2.24, 2.45) is 0 Å². The van der Waals surface area contributed by atoms with E-state index in [-0.39, 0.29) is 17.2 Å². The van der Waals surface area contributed by atoms with Gasteiger partial charge >= 0.3 is 0 Å². The van der Waals surface area contributed by atoms with E-state index in [1.807, 2.05) is 13.8 Å². The molecule has 1 aromatic carbocycles. The number of methoxy groups -OCH3 is 1. The largest absolute Gasteiger partial charge is 0.496 e. The fourth-order valence-electron chi connectivity index (χ4n) is 1.57. The van der Waals surface area contributed by atoms with Crippen molar-refractivity contribution in [2.45, 2.75) is 32.1 Å². The molecule has 0 aliphatic rings. The number of alkyl halides is 2. The molecular formula is C13H15F2NO. The van der Waals surface area contributed by atoms with E-state index in [1.54, 1.807) is 6.07 Å². The van der Waals surface area contributed by atoms with E-state index in [4.69, 9.17) is 10.00 Å². The number of rotatable bonds is 4. The molecule has 0 atom stereocenters. The van der Waals surface area contributed by atoms with Crippen LogP contribution in [0.15, 0.2) is 18.2 Å². The van der Waals surface area contributed by atoms with Gasteiger partial charge in [-0.25, -0.2) is 8.78 Å². The van der Waals surface area contributed by atoms with Crippen molar-refractivity contribution in [1.82, 2.24) is 0 Å². The Hall–Kier alpha value is -1.63. The molecule has 0 N–H and O–H groups in total. The standard InChI is InChI=1S/C13H15F2NO/c1-9(2)10-4-5-12(17-3)11(8-10)13(14,15)6-7-16/h4-5,8-9H,6H2,1-3H3. The Balaban J connectivity index is 3.28. The molecule has 4 heteroatoms. The highest BCUT2D eigenvalue weighted by Gasteiger charge is 2.35. The minimum atomic E-state index is -3.18. The quantitative estimate of drug-likeness (QED) is 0.800. The summed E-state index contributed by atoms with van der Waals surface area (Å²) in [5.74, 6) is -2.91. The predicted molar refractivity (Wildman–Crippen MR) is 61.2 cm³/mol. The number of halogens is 2. The first-order valence-electron chi connectivity index (χ1n) is 5.35. The molecule has 0 unspecified atom stereocenters. The molecular weight excluding hydrogens is 224 g/mol. The molecule has 1 aromatic rings. The number of hydrogen-bond donors (Lipinski definition) is 0. The van der Waals surface area contributed by atoms with E-state index in [2.05, 4.69) is 0 Å². The van der Waals surface area contributed by atoms with Crippen LogP contribution in [0.4, 0.5) is 8.78 Å². The Bertz CT molecular complexity index is 436. The molecule has 0 saturated carbocycles. The van der Waals surface area contributed by atoms with Crippen molar-refractivity contribution in [1.29, 1.82) is 5.26 Å². The zero-order chi connectivity index (χ0) is 13.1. The van der Waals surface area contributed by atoms with Gasteiger partial charge in [-0.15, -0.1) is 0 Å². The Morgan fingerprint density at radius 1 is 1.41 bits per heavy atom. The molecule has 0 aromatic heterocycles. The fourth-order valence-corrected chi connectivity index (χ4v) is 1.57. The van der Waals surface area contributed by atoms with Crippen LogP contribution in [0.3, 0.4) is 0 Å². The van der Waals surface area contributed by atoms with E-state index < -0.39 is 12.3 Å². The van der Waals surface area contributed by atoms with E-state index in [0.717, 1.165) is 5.56 Å². The Morgan fingerprint density at radius 2 is 2.06 bits per heavy atom. The highest BCUT2D eigenvalue weighted by molar-refractivity contribution is 5.41. The zero-order valence-corrected chi connectivity index (χ0v) is 10.1. The molecule has 0 saturated heterocycles. The lowest BCUT2D eigenvalue weighted by Gasteiger charge is -2.18. The Kier molecular flexibility index (Phi) is 4.06. The number of hydrogen-bond acceptors (Lipinski definition) is 2. The summed E-state index contributed by atoms with van der Waals surface area (Å²) in [4.78, 5) is 0. The molecule has 0 amide bonds. The number of benzene rings is 1. The van der Waals surface area contributed by atoms with Gasteiger partial charge in [-0.2, -0.15) is 5.26 Å². The third-order valence-electron chi connectivity index (χ3n) is 2.59. The van der Waals surface area contributed by atoms with Crippen molar-refractivity contribution >= 4 is 0 Å². The molecule has 1 rings (SSSR count). The van der Waals surface area contributed by atoms with Crippen LogP contribution in [0.25, 0.3) is 0 Å². The van der Waals surface area contributed by atoms with E-state index in [9.17, 15) is 8.78 Å². The first-order chi connectivity index (χ1) is 7.92. The van der Waals surface area contributed by atoms with Gasteiger partial charge in [0.1, 0.15) is 12.2 Å². The molecule has 92 valence electrons. The Labute approximate surface area is 99.8 Å². The summed E-state index contributed by atoms with van der Waals surface area (Å²) >= 11 is 0. The first-order valence-corrected chi connectivity index (χ1v) is 5.35. The maximum atomic E-state index is 13.7. The molecule has 17 heavy (non-hydrogen) atoms. The van der Waals surface area contributed by atoms with Crippen LogP contribution in [0, 0.1) is 11.3 Å². The van der Waals surface area contributed by atoms with Crippen LogP contribution in [-0.2, 0) is 5.92 Å². The fraction of sp³-hybridized carbons (Fsp3) is 0.462. The van der Waals surface area contributed by atoms with Crippen molar-refractivity contribution in [2.75, 3.05) is 7.11 Å². The molecule has 0 heterocycles. The lowest BCUT2D eigenvalue weighted by Crippen LogP contribution is -2.14. The van der Waals surface area contributed by atoms with Crippen LogP contribution in [0.5, 0.6) is 5.75 Å². The number of nitrogens with zero attached hydrogens (tertiary/aromatic N) is 1. The second kappa shape index (κ2) is 5.13. The van der Waals surface area contributed by atoms with Crippen LogP contribution in [0.2, 0.25) is 0 Å². The molecule has 0 bridgehead atoms. The molecule has 0 radical (unpaired) electrons. The summed E-state index contributed by atoms with van der Waals surface area (Å²) in [6.07, 6.45) is -0.842. The minimum Gasteiger partial charge on any atom is -0.496 e. The monoisotopic (exact) mass is 239 g/mol. The molecule has 2 nitrogen and oxygen atoms in total. The van der Waals surface area contributed by atoms with Crippen molar-refractivity contribution in [3.63, 3.8) is 0 Å². The van der Waals surface area contributed by atoms with Crippen LogP contribution < -0.4 is 4.74 Å². The van der Waals surface area contributed by atoms with Gasteiger partial charge in [-0.1, -0.05) is 19.9 Å². The van der Waals surface area contributed by atoms with Gasteiger partial charge in [0.05, 0.1) is 18.7 Å². The van der Waals surface area contributed by atoms with Gasteiger partial charge in [0.2, 0.25) is 0 Å². The van der Waals surface area contributed by atoms with Crippen molar-refractivity contribution < 1.29 is 13.5 Å².